The molecule has 0 aromatic heterocycles. The van der Waals surface area contributed by atoms with Crippen LogP contribution < -0.4 is 9.46 Å². The van der Waals surface area contributed by atoms with Crippen LogP contribution in [0.4, 0.5) is 5.69 Å². The number of benzene rings is 2. The van der Waals surface area contributed by atoms with Crippen LogP contribution in [-0.4, -0.2) is 38.9 Å². The van der Waals surface area contributed by atoms with Gasteiger partial charge in [0.2, 0.25) is 0 Å². The summed E-state index contributed by atoms with van der Waals surface area (Å²) in [6.45, 7) is 5.43. The van der Waals surface area contributed by atoms with Crippen LogP contribution in [0.2, 0.25) is 0 Å². The van der Waals surface area contributed by atoms with Crippen molar-refractivity contribution in [3.63, 3.8) is 0 Å². The van der Waals surface area contributed by atoms with E-state index in [0.717, 1.165) is 37.1 Å². The number of amides is 1. The topological polar surface area (TPSA) is 75.7 Å². The van der Waals surface area contributed by atoms with E-state index in [1.54, 1.807) is 29.2 Å². The Morgan fingerprint density at radius 3 is 2.33 bits per heavy atom. The van der Waals surface area contributed by atoms with E-state index in [1.165, 1.54) is 12.1 Å². The first-order valence-corrected chi connectivity index (χ1v) is 10.4. The van der Waals surface area contributed by atoms with E-state index >= 15 is 0 Å². The van der Waals surface area contributed by atoms with Crippen molar-refractivity contribution < 1.29 is 17.9 Å². The number of likely N-dealkylation sites (tertiary alicyclic amines) is 1. The summed E-state index contributed by atoms with van der Waals surface area (Å²) in [5.41, 5.74) is 2.64. The molecule has 1 N–H and O–H groups in total. The molecular weight excluding hydrogens is 364 g/mol. The fraction of sp³-hybridized carbons (Fsp3) is 0.350. The van der Waals surface area contributed by atoms with Crippen LogP contribution in [0.1, 0.15) is 24.0 Å². The largest absolute Gasteiger partial charge is 0.484 e. The van der Waals surface area contributed by atoms with Crippen LogP contribution in [-0.2, 0) is 14.8 Å². The normalized spacial score (nSPS) is 14.2. The van der Waals surface area contributed by atoms with Gasteiger partial charge in [-0.2, -0.15) is 0 Å². The predicted octanol–water partition coefficient (Wildman–Crippen LogP) is 3.11. The summed E-state index contributed by atoms with van der Waals surface area (Å²) in [6.07, 6.45) is 2.07. The minimum Gasteiger partial charge on any atom is -0.484 e. The Kier molecular flexibility index (Phi) is 5.70. The zero-order valence-electron chi connectivity index (χ0n) is 15.6. The van der Waals surface area contributed by atoms with Crippen LogP contribution in [0.5, 0.6) is 5.75 Å². The number of carbonyl (C=O) groups is 1. The third kappa shape index (κ3) is 4.80. The Morgan fingerprint density at radius 2 is 1.70 bits per heavy atom. The van der Waals surface area contributed by atoms with Crippen molar-refractivity contribution in [3.8, 4) is 5.75 Å². The number of aryl methyl sites for hydroxylation is 2. The van der Waals surface area contributed by atoms with E-state index in [1.807, 2.05) is 19.9 Å². The van der Waals surface area contributed by atoms with Gasteiger partial charge >= 0.3 is 0 Å². The third-order valence-corrected chi connectivity index (χ3v) is 6.11. The molecule has 0 unspecified atom stereocenters. The average Bonchev–Trinajstić information content (AvgIpc) is 3.18. The molecule has 1 aliphatic heterocycles. The van der Waals surface area contributed by atoms with Crippen molar-refractivity contribution in [2.75, 3.05) is 24.4 Å². The van der Waals surface area contributed by atoms with Gasteiger partial charge in [0, 0.05) is 18.8 Å². The highest BCUT2D eigenvalue weighted by Crippen LogP contribution is 2.21. The molecule has 1 amide bonds. The third-order valence-electron chi connectivity index (χ3n) is 4.71. The molecule has 6 nitrogen and oxygen atoms in total. The quantitative estimate of drug-likeness (QED) is 0.825. The molecule has 0 radical (unpaired) electrons. The summed E-state index contributed by atoms with van der Waals surface area (Å²) in [5.74, 6) is 0.424. The summed E-state index contributed by atoms with van der Waals surface area (Å²) in [7, 11) is -3.68. The summed E-state index contributed by atoms with van der Waals surface area (Å²) in [5, 5.41) is 0. The second-order valence-corrected chi connectivity index (χ2v) is 8.43. The standard InChI is InChI=1S/C20H24N2O4S/c1-15-5-6-17(13-16(15)2)21-27(24,25)19-9-7-18(8-10-19)26-14-20(23)22-11-3-4-12-22/h5-10,13,21H,3-4,11-12,14H2,1-2H3. The van der Waals surface area contributed by atoms with Gasteiger partial charge in [0.15, 0.2) is 6.61 Å². The molecule has 1 saturated heterocycles. The van der Waals surface area contributed by atoms with E-state index in [2.05, 4.69) is 4.72 Å². The van der Waals surface area contributed by atoms with Gasteiger partial charge in [-0.1, -0.05) is 6.07 Å². The maximum atomic E-state index is 12.5. The van der Waals surface area contributed by atoms with E-state index in [0.29, 0.717) is 11.4 Å². The van der Waals surface area contributed by atoms with Gasteiger partial charge in [-0.25, -0.2) is 8.42 Å². The van der Waals surface area contributed by atoms with Gasteiger partial charge in [0.25, 0.3) is 15.9 Å². The number of nitrogens with one attached hydrogen (secondary N) is 1. The number of hydrogen-bond donors (Lipinski definition) is 1. The molecule has 3 rings (SSSR count). The van der Waals surface area contributed by atoms with Gasteiger partial charge < -0.3 is 9.64 Å². The van der Waals surface area contributed by atoms with E-state index in [-0.39, 0.29) is 17.4 Å². The lowest BCUT2D eigenvalue weighted by Gasteiger charge is -2.15. The molecule has 27 heavy (non-hydrogen) atoms. The van der Waals surface area contributed by atoms with E-state index in [9.17, 15) is 13.2 Å². The summed E-state index contributed by atoms with van der Waals surface area (Å²) in [6, 6.07) is 11.5. The lowest BCUT2D eigenvalue weighted by Crippen LogP contribution is -2.32. The van der Waals surface area contributed by atoms with Crippen molar-refractivity contribution in [1.29, 1.82) is 0 Å². The number of ether oxygens (including phenoxy) is 1. The summed E-state index contributed by atoms with van der Waals surface area (Å²) >= 11 is 0. The van der Waals surface area contributed by atoms with Gasteiger partial charge in [0.05, 0.1) is 4.90 Å². The fourth-order valence-electron chi connectivity index (χ4n) is 2.94. The predicted molar refractivity (Wildman–Crippen MR) is 104 cm³/mol. The first-order valence-electron chi connectivity index (χ1n) is 8.96. The number of rotatable bonds is 6. The molecule has 1 heterocycles. The van der Waals surface area contributed by atoms with Crippen LogP contribution in [0.25, 0.3) is 0 Å². The zero-order chi connectivity index (χ0) is 19.4. The molecule has 7 heteroatoms. The van der Waals surface area contributed by atoms with Crippen molar-refractivity contribution in [3.05, 3.63) is 53.6 Å². The molecule has 0 aliphatic carbocycles. The Morgan fingerprint density at radius 1 is 1.04 bits per heavy atom. The van der Waals surface area contributed by atoms with Gasteiger partial charge in [-0.15, -0.1) is 0 Å². The molecule has 1 aliphatic rings. The minimum atomic E-state index is -3.68. The lowest BCUT2D eigenvalue weighted by molar-refractivity contribution is -0.132. The Balaban J connectivity index is 1.62. The maximum Gasteiger partial charge on any atom is 0.261 e. The van der Waals surface area contributed by atoms with Crippen LogP contribution in [0.3, 0.4) is 0 Å². The van der Waals surface area contributed by atoms with Crippen LogP contribution in [0, 0.1) is 13.8 Å². The second kappa shape index (κ2) is 8.00. The first-order chi connectivity index (χ1) is 12.8. The van der Waals surface area contributed by atoms with Gasteiger partial charge in [-0.05, 0) is 74.2 Å². The number of carbonyl (C=O) groups excluding carboxylic acids is 1. The van der Waals surface area contributed by atoms with Gasteiger partial charge in [-0.3, -0.25) is 9.52 Å². The molecule has 2 aromatic rings. The molecule has 0 atom stereocenters. The second-order valence-electron chi connectivity index (χ2n) is 6.75. The fourth-order valence-corrected chi connectivity index (χ4v) is 3.99. The van der Waals surface area contributed by atoms with Crippen molar-refractivity contribution >= 4 is 21.6 Å². The number of anilines is 1. The van der Waals surface area contributed by atoms with E-state index in [4.69, 9.17) is 4.74 Å². The molecule has 2 aromatic carbocycles. The Hall–Kier alpha value is -2.54. The summed E-state index contributed by atoms with van der Waals surface area (Å²) in [4.78, 5) is 13.9. The lowest BCUT2D eigenvalue weighted by atomic mass is 10.1. The number of nitrogens with zero attached hydrogens (tertiary/aromatic N) is 1. The number of hydrogen-bond acceptors (Lipinski definition) is 4. The van der Waals surface area contributed by atoms with Crippen molar-refractivity contribution in [2.24, 2.45) is 0 Å². The Bertz CT molecular complexity index is 917. The molecule has 144 valence electrons. The van der Waals surface area contributed by atoms with Crippen LogP contribution in [0.15, 0.2) is 47.4 Å². The highest BCUT2D eigenvalue weighted by molar-refractivity contribution is 7.92. The SMILES string of the molecule is Cc1ccc(NS(=O)(=O)c2ccc(OCC(=O)N3CCCC3)cc2)cc1C. The maximum absolute atomic E-state index is 12.5. The van der Waals surface area contributed by atoms with E-state index < -0.39 is 10.0 Å². The average molecular weight is 388 g/mol. The number of sulfonamides is 1. The molecule has 0 saturated carbocycles. The molecule has 0 spiro atoms. The highest BCUT2D eigenvalue weighted by Gasteiger charge is 2.18. The van der Waals surface area contributed by atoms with Crippen LogP contribution >= 0.6 is 0 Å². The minimum absolute atomic E-state index is 0.0347. The summed E-state index contributed by atoms with van der Waals surface area (Å²) < 4.78 is 33.1. The monoisotopic (exact) mass is 388 g/mol. The van der Waals surface area contributed by atoms with Gasteiger partial charge in [0.1, 0.15) is 5.75 Å². The van der Waals surface area contributed by atoms with Crippen molar-refractivity contribution in [1.82, 2.24) is 4.90 Å². The smallest absolute Gasteiger partial charge is 0.261 e. The van der Waals surface area contributed by atoms with Crippen molar-refractivity contribution in [2.45, 2.75) is 31.6 Å². The first kappa shape index (κ1) is 19.2. The highest BCUT2D eigenvalue weighted by atomic mass is 32.2. The zero-order valence-corrected chi connectivity index (χ0v) is 16.4. The molecule has 1 fully saturated rings. The Labute approximate surface area is 160 Å². The molecular formula is C20H24N2O4S. The molecule has 0 bridgehead atoms.